The summed E-state index contributed by atoms with van der Waals surface area (Å²) in [4.78, 5) is 17.5. The second-order valence-electron chi connectivity index (χ2n) is 7.24. The maximum atomic E-state index is 4.67. The molecule has 3 heterocycles. The molecule has 1 aromatic carbocycles. The molecule has 0 amide bonds. The summed E-state index contributed by atoms with van der Waals surface area (Å²) in [6, 6.07) is 8.28. The first-order valence-corrected chi connectivity index (χ1v) is 10.3. The average Bonchev–Trinajstić information content (AvgIpc) is 3.10. The van der Waals surface area contributed by atoms with E-state index in [2.05, 4.69) is 57.2 Å². The molecule has 1 saturated heterocycles. The average molecular weight is 380 g/mol. The summed E-state index contributed by atoms with van der Waals surface area (Å²) in [5, 5.41) is 4.27. The summed E-state index contributed by atoms with van der Waals surface area (Å²) in [6.07, 6.45) is 7.77. The van der Waals surface area contributed by atoms with Gasteiger partial charge in [0.1, 0.15) is 10.7 Å². The number of nitrogens with zero attached hydrogens (tertiary/aromatic N) is 4. The zero-order valence-electron chi connectivity index (χ0n) is 15.9. The van der Waals surface area contributed by atoms with E-state index in [9.17, 15) is 0 Å². The van der Waals surface area contributed by atoms with Crippen molar-refractivity contribution in [3.8, 4) is 10.7 Å². The van der Waals surface area contributed by atoms with E-state index in [0.717, 1.165) is 22.9 Å². The van der Waals surface area contributed by atoms with Crippen molar-refractivity contribution >= 4 is 23.0 Å². The molecule has 140 valence electrons. The molecule has 0 unspecified atom stereocenters. The molecule has 1 fully saturated rings. The smallest absolute Gasteiger partial charge is 0.227 e. The number of nitrogens with one attached hydrogen (secondary N) is 1. The van der Waals surface area contributed by atoms with Crippen LogP contribution in [0.2, 0.25) is 0 Å². The van der Waals surface area contributed by atoms with Gasteiger partial charge in [-0.1, -0.05) is 12.5 Å². The quantitative estimate of drug-likeness (QED) is 0.680. The van der Waals surface area contributed by atoms with Gasteiger partial charge in [-0.15, -0.1) is 11.3 Å². The van der Waals surface area contributed by atoms with E-state index in [-0.39, 0.29) is 0 Å². The molecule has 27 heavy (non-hydrogen) atoms. The Morgan fingerprint density at radius 2 is 1.81 bits per heavy atom. The Morgan fingerprint density at radius 1 is 1.04 bits per heavy atom. The zero-order chi connectivity index (χ0) is 18.6. The highest BCUT2D eigenvalue weighted by molar-refractivity contribution is 7.14. The van der Waals surface area contributed by atoms with Crippen LogP contribution in [-0.4, -0.2) is 32.9 Å². The van der Waals surface area contributed by atoms with Crippen LogP contribution in [0.3, 0.4) is 0 Å². The van der Waals surface area contributed by atoms with E-state index >= 15 is 0 Å². The van der Waals surface area contributed by atoms with E-state index in [4.69, 9.17) is 0 Å². The molecule has 0 bridgehead atoms. The molecule has 1 aliphatic heterocycles. The lowest BCUT2D eigenvalue weighted by Gasteiger charge is -2.25. The number of hydrogen-bond donors (Lipinski definition) is 1. The summed E-state index contributed by atoms with van der Waals surface area (Å²) in [6.45, 7) is 7.58. The number of aromatic nitrogens is 3. The Balaban J connectivity index is 1.49. The van der Waals surface area contributed by atoms with Gasteiger partial charge in [0.2, 0.25) is 5.95 Å². The molecular weight excluding hydrogens is 354 g/mol. The molecule has 0 atom stereocenters. The lowest BCUT2D eigenvalue weighted by molar-refractivity contribution is 0.222. The van der Waals surface area contributed by atoms with Crippen LogP contribution < -0.4 is 5.32 Å². The van der Waals surface area contributed by atoms with Crippen molar-refractivity contribution in [2.45, 2.75) is 39.7 Å². The van der Waals surface area contributed by atoms with Gasteiger partial charge in [-0.3, -0.25) is 4.90 Å². The van der Waals surface area contributed by atoms with Crippen molar-refractivity contribution in [1.82, 2.24) is 19.9 Å². The van der Waals surface area contributed by atoms with E-state index < -0.39 is 0 Å². The van der Waals surface area contributed by atoms with Crippen LogP contribution in [0.25, 0.3) is 10.7 Å². The fourth-order valence-electron chi connectivity index (χ4n) is 3.55. The van der Waals surface area contributed by atoms with E-state index in [1.165, 1.54) is 48.4 Å². The summed E-state index contributed by atoms with van der Waals surface area (Å²) in [7, 11) is 0. The number of rotatable bonds is 5. The molecule has 2 aromatic heterocycles. The minimum Gasteiger partial charge on any atom is -0.324 e. The van der Waals surface area contributed by atoms with Crippen LogP contribution in [0.15, 0.2) is 36.7 Å². The van der Waals surface area contributed by atoms with Crippen LogP contribution in [-0.2, 0) is 6.54 Å². The van der Waals surface area contributed by atoms with Crippen molar-refractivity contribution in [2.75, 3.05) is 18.4 Å². The van der Waals surface area contributed by atoms with Gasteiger partial charge in [0.05, 0.1) is 0 Å². The molecule has 6 heteroatoms. The third-order valence-electron chi connectivity index (χ3n) is 4.73. The van der Waals surface area contributed by atoms with E-state index in [1.54, 1.807) is 17.5 Å². The van der Waals surface area contributed by atoms with Crippen molar-refractivity contribution in [3.05, 3.63) is 52.7 Å². The number of anilines is 2. The van der Waals surface area contributed by atoms with Gasteiger partial charge in [0, 0.05) is 29.5 Å². The number of piperidine rings is 1. The highest BCUT2D eigenvalue weighted by Gasteiger charge is 2.13. The molecule has 4 rings (SSSR count). The Bertz CT molecular complexity index is 894. The van der Waals surface area contributed by atoms with Crippen molar-refractivity contribution < 1.29 is 0 Å². The third-order valence-corrected chi connectivity index (χ3v) is 5.74. The lowest BCUT2D eigenvalue weighted by atomic mass is 10.1. The zero-order valence-corrected chi connectivity index (χ0v) is 16.7. The molecule has 0 saturated carbocycles. The lowest BCUT2D eigenvalue weighted by Crippen LogP contribution is -2.28. The van der Waals surface area contributed by atoms with Crippen LogP contribution in [0.5, 0.6) is 0 Å². The first kappa shape index (κ1) is 18.1. The predicted molar refractivity (Wildman–Crippen MR) is 111 cm³/mol. The first-order valence-electron chi connectivity index (χ1n) is 9.51. The molecule has 1 aliphatic rings. The Hall–Kier alpha value is -2.31. The Morgan fingerprint density at radius 3 is 2.59 bits per heavy atom. The van der Waals surface area contributed by atoms with Crippen LogP contribution in [0.4, 0.5) is 11.6 Å². The largest absolute Gasteiger partial charge is 0.324 e. The number of hydrogen-bond acceptors (Lipinski definition) is 6. The Kier molecular flexibility index (Phi) is 5.45. The fraction of sp³-hybridized carbons (Fsp3) is 0.381. The van der Waals surface area contributed by atoms with Crippen molar-refractivity contribution in [3.63, 3.8) is 0 Å². The van der Waals surface area contributed by atoms with Crippen LogP contribution in [0, 0.1) is 13.8 Å². The maximum absolute atomic E-state index is 4.67. The van der Waals surface area contributed by atoms with E-state index in [0.29, 0.717) is 5.95 Å². The maximum Gasteiger partial charge on any atom is 0.227 e. The predicted octanol–water partition coefficient (Wildman–Crippen LogP) is 4.95. The monoisotopic (exact) mass is 379 g/mol. The summed E-state index contributed by atoms with van der Waals surface area (Å²) in [5.74, 6) is 0.602. The van der Waals surface area contributed by atoms with Crippen molar-refractivity contribution in [2.24, 2.45) is 0 Å². The van der Waals surface area contributed by atoms with Gasteiger partial charge >= 0.3 is 0 Å². The second kappa shape index (κ2) is 8.15. The molecule has 0 radical (unpaired) electrons. The molecule has 3 aromatic rings. The summed E-state index contributed by atoms with van der Waals surface area (Å²) >= 11 is 1.73. The van der Waals surface area contributed by atoms with Gasteiger partial charge in [-0.05, 0) is 69.1 Å². The number of benzene rings is 1. The number of thiazole rings is 1. The van der Waals surface area contributed by atoms with Gasteiger partial charge in [-0.25, -0.2) is 15.0 Å². The molecule has 1 N–H and O–H groups in total. The van der Waals surface area contributed by atoms with Gasteiger partial charge in [0.25, 0.3) is 0 Å². The second-order valence-corrected chi connectivity index (χ2v) is 8.35. The topological polar surface area (TPSA) is 53.9 Å². The number of likely N-dealkylation sites (tertiary alicyclic amines) is 1. The highest BCUT2D eigenvalue weighted by atomic mass is 32.1. The summed E-state index contributed by atoms with van der Waals surface area (Å²) < 4.78 is 0. The first-order chi connectivity index (χ1) is 13.2. The highest BCUT2D eigenvalue weighted by Crippen LogP contribution is 2.26. The minimum absolute atomic E-state index is 0.602. The fourth-order valence-corrected chi connectivity index (χ4v) is 4.48. The molecule has 0 spiro atoms. The molecule has 5 nitrogen and oxygen atoms in total. The van der Waals surface area contributed by atoms with Crippen molar-refractivity contribution in [1.29, 1.82) is 0 Å². The Labute approximate surface area is 164 Å². The van der Waals surface area contributed by atoms with Crippen LogP contribution in [0.1, 0.15) is 35.3 Å². The SMILES string of the molecule is Cc1cc(C)cc(Nc2nccc(-c3ncc(CN4CCCCC4)s3)n2)c1. The van der Waals surface area contributed by atoms with Gasteiger partial charge < -0.3 is 5.32 Å². The van der Waals surface area contributed by atoms with E-state index in [1.807, 2.05) is 12.3 Å². The van der Waals surface area contributed by atoms with Gasteiger partial charge in [-0.2, -0.15) is 0 Å². The minimum atomic E-state index is 0.602. The third kappa shape index (κ3) is 4.70. The number of aryl methyl sites for hydroxylation is 2. The molecule has 0 aliphatic carbocycles. The normalized spacial score (nSPS) is 15.0. The van der Waals surface area contributed by atoms with Crippen LogP contribution >= 0.6 is 11.3 Å². The standard InChI is InChI=1S/C21H25N5S/c1-15-10-16(2)12-17(11-15)24-21-22-7-6-19(25-21)20-23-13-18(27-20)14-26-8-4-3-5-9-26/h6-7,10-13H,3-5,8-9,14H2,1-2H3,(H,22,24,25). The van der Waals surface area contributed by atoms with Gasteiger partial charge in [0.15, 0.2) is 0 Å². The summed E-state index contributed by atoms with van der Waals surface area (Å²) in [5.41, 5.74) is 4.31. The molecular formula is C21H25N5S.